The maximum atomic E-state index is 13.8. The number of amides is 2. The number of carbonyl (C=O) groups excluding carboxylic acids is 2. The molecule has 1 saturated heterocycles. The van der Waals surface area contributed by atoms with Crippen LogP contribution >= 0.6 is 0 Å². The monoisotopic (exact) mass is 554 g/mol. The van der Waals surface area contributed by atoms with Crippen molar-refractivity contribution in [3.8, 4) is 17.2 Å². The summed E-state index contributed by atoms with van der Waals surface area (Å²) < 4.78 is 26.8. The van der Waals surface area contributed by atoms with Crippen LogP contribution in [0.2, 0.25) is 0 Å². The molecule has 0 aliphatic carbocycles. The first-order valence-electron chi connectivity index (χ1n) is 13.3. The molecule has 0 radical (unpaired) electrons. The molecule has 1 unspecified atom stereocenters. The van der Waals surface area contributed by atoms with Crippen LogP contribution in [-0.4, -0.2) is 113 Å². The molecule has 2 heterocycles. The molecule has 11 nitrogen and oxygen atoms in total. The van der Waals surface area contributed by atoms with Gasteiger partial charge in [0, 0.05) is 51.3 Å². The topological polar surface area (TPSA) is 102 Å². The normalized spacial score (nSPS) is 17.4. The predicted octanol–water partition coefficient (Wildman–Crippen LogP) is 2.20. The molecule has 0 saturated carbocycles. The molecule has 0 N–H and O–H groups in total. The van der Waals surface area contributed by atoms with Crippen molar-refractivity contribution in [2.24, 2.45) is 5.10 Å². The highest BCUT2D eigenvalue weighted by atomic mass is 16.5. The van der Waals surface area contributed by atoms with Gasteiger partial charge >= 0.3 is 0 Å². The number of nitrogens with zero attached hydrogens (tertiary/aromatic N) is 4. The predicted molar refractivity (Wildman–Crippen MR) is 149 cm³/mol. The summed E-state index contributed by atoms with van der Waals surface area (Å²) >= 11 is 0. The number of methoxy groups -OCH3 is 4. The molecule has 2 aromatic rings. The number of carbonyl (C=O) groups is 2. The summed E-state index contributed by atoms with van der Waals surface area (Å²) in [5.74, 6) is 1.45. The molecule has 40 heavy (non-hydrogen) atoms. The van der Waals surface area contributed by atoms with Gasteiger partial charge in [0.05, 0.1) is 46.3 Å². The van der Waals surface area contributed by atoms with Gasteiger partial charge in [-0.3, -0.25) is 14.5 Å². The molecule has 0 aromatic heterocycles. The van der Waals surface area contributed by atoms with Crippen molar-refractivity contribution < 1.29 is 33.3 Å². The Bertz CT molecular complexity index is 1180. The Labute approximate surface area is 235 Å². The molecule has 4 rings (SSSR count). The van der Waals surface area contributed by atoms with E-state index in [9.17, 15) is 9.59 Å². The lowest BCUT2D eigenvalue weighted by molar-refractivity contribution is -0.143. The van der Waals surface area contributed by atoms with Crippen molar-refractivity contribution >= 4 is 17.5 Å². The van der Waals surface area contributed by atoms with E-state index in [0.29, 0.717) is 49.9 Å². The van der Waals surface area contributed by atoms with Gasteiger partial charge in [0.1, 0.15) is 30.4 Å². The van der Waals surface area contributed by atoms with Gasteiger partial charge in [-0.2, -0.15) is 5.10 Å². The van der Waals surface area contributed by atoms with Crippen LogP contribution < -0.4 is 14.2 Å². The van der Waals surface area contributed by atoms with E-state index in [0.717, 1.165) is 30.0 Å². The van der Waals surface area contributed by atoms with Crippen LogP contribution in [0, 0.1) is 0 Å². The number of hydrogen-bond acceptors (Lipinski definition) is 9. The number of ether oxygens (including phenoxy) is 5. The van der Waals surface area contributed by atoms with Crippen LogP contribution in [0.3, 0.4) is 0 Å². The summed E-state index contributed by atoms with van der Waals surface area (Å²) in [7, 11) is 6.27. The summed E-state index contributed by atoms with van der Waals surface area (Å²) in [4.78, 5) is 30.5. The van der Waals surface area contributed by atoms with Crippen LogP contribution in [-0.2, 0) is 19.1 Å². The smallest absolute Gasteiger partial charge is 0.262 e. The van der Waals surface area contributed by atoms with E-state index in [1.54, 1.807) is 32.3 Å². The van der Waals surface area contributed by atoms with Crippen LogP contribution in [0.1, 0.15) is 23.6 Å². The highest BCUT2D eigenvalue weighted by molar-refractivity contribution is 6.05. The van der Waals surface area contributed by atoms with Gasteiger partial charge in [0.25, 0.3) is 5.91 Å². The van der Waals surface area contributed by atoms with Gasteiger partial charge < -0.3 is 28.6 Å². The average molecular weight is 555 g/mol. The number of benzene rings is 2. The summed E-state index contributed by atoms with van der Waals surface area (Å²) in [6.45, 7) is 3.74. The van der Waals surface area contributed by atoms with Crippen LogP contribution in [0.5, 0.6) is 17.2 Å². The van der Waals surface area contributed by atoms with E-state index in [1.807, 2.05) is 36.4 Å². The van der Waals surface area contributed by atoms with Crippen molar-refractivity contribution in [2.75, 3.05) is 81.0 Å². The molecular formula is C29H38N4O7. The summed E-state index contributed by atoms with van der Waals surface area (Å²) in [5.41, 5.74) is 2.39. The van der Waals surface area contributed by atoms with Crippen LogP contribution in [0.15, 0.2) is 47.6 Å². The van der Waals surface area contributed by atoms with Crippen LogP contribution in [0.25, 0.3) is 0 Å². The van der Waals surface area contributed by atoms with Crippen molar-refractivity contribution in [3.63, 3.8) is 0 Å². The third-order valence-corrected chi connectivity index (χ3v) is 7.12. The Hall–Kier alpha value is -3.67. The molecular weight excluding hydrogens is 516 g/mol. The van der Waals surface area contributed by atoms with Crippen LogP contribution in [0.4, 0.5) is 0 Å². The summed E-state index contributed by atoms with van der Waals surface area (Å²) in [5, 5.41) is 6.27. The molecule has 0 spiro atoms. The fourth-order valence-corrected chi connectivity index (χ4v) is 4.85. The zero-order chi connectivity index (χ0) is 28.5. The minimum atomic E-state index is -0.362. The maximum Gasteiger partial charge on any atom is 0.262 e. The largest absolute Gasteiger partial charge is 0.497 e. The maximum absolute atomic E-state index is 13.8. The third kappa shape index (κ3) is 7.09. The molecule has 11 heteroatoms. The Morgan fingerprint density at radius 1 is 0.975 bits per heavy atom. The molecule has 1 fully saturated rings. The fraction of sp³-hybridized carbons (Fsp3) is 0.483. The first kappa shape index (κ1) is 29.3. The Morgan fingerprint density at radius 2 is 1.68 bits per heavy atom. The van der Waals surface area contributed by atoms with Crippen molar-refractivity contribution in [3.05, 3.63) is 53.6 Å². The number of hydrogen-bond donors (Lipinski definition) is 0. The molecule has 216 valence electrons. The van der Waals surface area contributed by atoms with E-state index in [-0.39, 0.29) is 31.0 Å². The highest BCUT2D eigenvalue weighted by Gasteiger charge is 2.35. The van der Waals surface area contributed by atoms with Gasteiger partial charge in [-0.05, 0) is 29.8 Å². The van der Waals surface area contributed by atoms with Gasteiger partial charge in [-0.1, -0.05) is 12.1 Å². The van der Waals surface area contributed by atoms with Gasteiger partial charge in [0.2, 0.25) is 5.91 Å². The second-order valence-corrected chi connectivity index (χ2v) is 9.55. The van der Waals surface area contributed by atoms with Gasteiger partial charge in [-0.25, -0.2) is 5.01 Å². The molecule has 2 amide bonds. The Morgan fingerprint density at radius 3 is 2.33 bits per heavy atom. The number of rotatable bonds is 12. The number of hydrazone groups is 1. The lowest BCUT2D eigenvalue weighted by Crippen LogP contribution is -2.47. The SMILES string of the molecule is COCC(=O)N(CCN1CCOCC1)CC(=O)N1N=C(c2ccc(OC)cc2OC)CC1c1ccc(OC)cc1. The molecule has 1 atom stereocenters. The fourth-order valence-electron chi connectivity index (χ4n) is 4.85. The molecule has 0 bridgehead atoms. The second-order valence-electron chi connectivity index (χ2n) is 9.55. The summed E-state index contributed by atoms with van der Waals surface area (Å²) in [6, 6.07) is 12.7. The Kier molecular flexibility index (Phi) is 10.3. The third-order valence-electron chi connectivity index (χ3n) is 7.12. The molecule has 2 aromatic carbocycles. The van der Waals surface area contributed by atoms with Crippen molar-refractivity contribution in [1.82, 2.24) is 14.8 Å². The molecule has 2 aliphatic rings. The first-order chi connectivity index (χ1) is 19.5. The Balaban J connectivity index is 1.60. The van der Waals surface area contributed by atoms with Gasteiger partial charge in [0.15, 0.2) is 0 Å². The second kappa shape index (κ2) is 14.1. The van der Waals surface area contributed by atoms with Crippen molar-refractivity contribution in [1.29, 1.82) is 0 Å². The first-order valence-corrected chi connectivity index (χ1v) is 13.3. The van der Waals surface area contributed by atoms with Gasteiger partial charge in [-0.15, -0.1) is 0 Å². The summed E-state index contributed by atoms with van der Waals surface area (Å²) in [6.07, 6.45) is 0.473. The standard InChI is InChI=1S/C29H38N4O7/c1-36-20-29(35)32(12-11-31-13-15-40-16-14-31)19-28(34)33-26(21-5-7-22(37-2)8-6-21)18-25(30-33)24-10-9-23(38-3)17-27(24)39-4/h5-10,17,26H,11-16,18-20H2,1-4H3. The van der Waals surface area contributed by atoms with E-state index >= 15 is 0 Å². The van der Waals surface area contributed by atoms with Crippen molar-refractivity contribution in [2.45, 2.75) is 12.5 Å². The van der Waals surface area contributed by atoms with E-state index < -0.39 is 0 Å². The highest BCUT2D eigenvalue weighted by Crippen LogP contribution is 2.36. The van der Waals surface area contributed by atoms with E-state index in [2.05, 4.69) is 4.90 Å². The number of morpholine rings is 1. The average Bonchev–Trinajstić information content (AvgIpc) is 3.45. The lowest BCUT2D eigenvalue weighted by Gasteiger charge is -2.31. The zero-order valence-electron chi connectivity index (χ0n) is 23.6. The minimum absolute atomic E-state index is 0.101. The quantitative estimate of drug-likeness (QED) is 0.394. The lowest BCUT2D eigenvalue weighted by atomic mass is 9.97. The van der Waals surface area contributed by atoms with E-state index in [4.69, 9.17) is 28.8 Å². The van der Waals surface area contributed by atoms with E-state index in [1.165, 1.54) is 12.1 Å². The minimum Gasteiger partial charge on any atom is -0.497 e. The zero-order valence-corrected chi connectivity index (χ0v) is 23.6. The molecule has 2 aliphatic heterocycles.